The number of hydrogen-bond acceptors (Lipinski definition) is 5. The van der Waals surface area contributed by atoms with Crippen LogP contribution in [0.25, 0.3) is 100 Å². The van der Waals surface area contributed by atoms with Crippen LogP contribution in [-0.2, 0) is 0 Å². The Morgan fingerprint density at radius 3 is 1.74 bits per heavy atom. The highest BCUT2D eigenvalue weighted by molar-refractivity contribution is 6.06. The van der Waals surface area contributed by atoms with Crippen molar-refractivity contribution in [1.29, 1.82) is 0 Å². The topological polar surface area (TPSA) is 64.2 Å². The molecule has 11 aromatic rings. The summed E-state index contributed by atoms with van der Waals surface area (Å²) in [6, 6.07) is 75.1. The summed E-state index contributed by atoms with van der Waals surface area (Å²) in [7, 11) is 0. The van der Waals surface area contributed by atoms with E-state index in [4.69, 9.17) is 24.4 Å². The summed E-state index contributed by atoms with van der Waals surface area (Å²) >= 11 is 0. The van der Waals surface area contributed by atoms with E-state index in [1.165, 1.54) is 10.8 Å². The molecule has 0 saturated carbocycles. The van der Waals surface area contributed by atoms with Gasteiger partial charge in [-0.05, 0) is 99.1 Å². The van der Waals surface area contributed by atoms with Gasteiger partial charge in [-0.2, -0.15) is 0 Å². The molecular formula is C61H42N4O. The minimum absolute atomic E-state index is 0.594. The average molecular weight is 847 g/mol. The van der Waals surface area contributed by atoms with Gasteiger partial charge in [0.1, 0.15) is 11.2 Å². The van der Waals surface area contributed by atoms with Crippen molar-refractivity contribution in [2.75, 3.05) is 0 Å². The van der Waals surface area contributed by atoms with Gasteiger partial charge in [0.15, 0.2) is 17.5 Å². The van der Waals surface area contributed by atoms with Crippen molar-refractivity contribution in [2.45, 2.75) is 6.92 Å². The lowest BCUT2D eigenvalue weighted by Crippen LogP contribution is -2.00. The lowest BCUT2D eigenvalue weighted by atomic mass is 9.98. The smallest absolute Gasteiger partial charge is 0.164 e. The van der Waals surface area contributed by atoms with E-state index in [0.29, 0.717) is 17.5 Å². The molecule has 0 atom stereocenters. The van der Waals surface area contributed by atoms with E-state index >= 15 is 0 Å². The van der Waals surface area contributed by atoms with Gasteiger partial charge in [0.05, 0.1) is 5.70 Å². The van der Waals surface area contributed by atoms with Gasteiger partial charge in [0, 0.05) is 38.7 Å². The predicted molar refractivity (Wildman–Crippen MR) is 274 cm³/mol. The number of benzene rings is 9. The Morgan fingerprint density at radius 1 is 0.409 bits per heavy atom. The molecule has 0 saturated heterocycles. The molecule has 312 valence electrons. The van der Waals surface area contributed by atoms with E-state index in [1.807, 2.05) is 73.7 Å². The molecule has 0 aliphatic heterocycles. The fourth-order valence-corrected chi connectivity index (χ4v) is 8.51. The van der Waals surface area contributed by atoms with Crippen LogP contribution < -0.4 is 0 Å². The summed E-state index contributed by atoms with van der Waals surface area (Å²) in [6.45, 7) is 6.58. The number of rotatable bonds is 10. The van der Waals surface area contributed by atoms with Crippen molar-refractivity contribution in [3.05, 3.63) is 248 Å². The van der Waals surface area contributed by atoms with Crippen LogP contribution in [0, 0.1) is 0 Å². The molecule has 2 aromatic heterocycles. The molecule has 9 aromatic carbocycles. The van der Waals surface area contributed by atoms with Crippen molar-refractivity contribution in [3.8, 4) is 56.4 Å². The Balaban J connectivity index is 0.953. The van der Waals surface area contributed by atoms with Crippen molar-refractivity contribution >= 4 is 49.7 Å². The summed E-state index contributed by atoms with van der Waals surface area (Å²) in [5, 5.41) is 4.61. The van der Waals surface area contributed by atoms with Crippen molar-refractivity contribution in [2.24, 2.45) is 4.99 Å². The van der Waals surface area contributed by atoms with Gasteiger partial charge in [0.25, 0.3) is 0 Å². The van der Waals surface area contributed by atoms with Gasteiger partial charge in [-0.15, -0.1) is 0 Å². The van der Waals surface area contributed by atoms with Gasteiger partial charge in [0.2, 0.25) is 0 Å². The summed E-state index contributed by atoms with van der Waals surface area (Å²) in [5.74, 6) is 1.82. The minimum atomic E-state index is 0.594. The molecule has 11 rings (SSSR count). The molecule has 2 heterocycles. The first-order valence-electron chi connectivity index (χ1n) is 22.0. The molecule has 0 amide bonds. The second-order valence-electron chi connectivity index (χ2n) is 16.4. The van der Waals surface area contributed by atoms with E-state index in [2.05, 4.69) is 164 Å². The fourth-order valence-electron chi connectivity index (χ4n) is 8.51. The molecule has 5 nitrogen and oxygen atoms in total. The first kappa shape index (κ1) is 40.0. The molecular weight excluding hydrogens is 805 g/mol. The summed E-state index contributed by atoms with van der Waals surface area (Å²) < 4.78 is 6.25. The van der Waals surface area contributed by atoms with Crippen LogP contribution in [-0.4, -0.2) is 20.7 Å². The molecule has 0 aliphatic rings. The van der Waals surface area contributed by atoms with Gasteiger partial charge in [-0.1, -0.05) is 189 Å². The third kappa shape index (κ3) is 8.13. The number of hydrogen-bond donors (Lipinski definition) is 0. The largest absolute Gasteiger partial charge is 0.456 e. The van der Waals surface area contributed by atoms with E-state index < -0.39 is 0 Å². The van der Waals surface area contributed by atoms with Crippen LogP contribution in [0.3, 0.4) is 0 Å². The van der Waals surface area contributed by atoms with Crippen molar-refractivity contribution in [1.82, 2.24) is 15.0 Å². The predicted octanol–water partition coefficient (Wildman–Crippen LogP) is 15.8. The van der Waals surface area contributed by atoms with Crippen LogP contribution in [0.15, 0.2) is 240 Å². The Labute approximate surface area is 383 Å². The molecule has 0 unspecified atom stereocenters. The van der Waals surface area contributed by atoms with Gasteiger partial charge < -0.3 is 4.42 Å². The zero-order chi connectivity index (χ0) is 44.4. The fraction of sp³-hybridized carbons (Fsp3) is 0.0164. The Bertz CT molecular complexity index is 3660. The highest BCUT2D eigenvalue weighted by Gasteiger charge is 2.15. The normalized spacial score (nSPS) is 12.0. The molecule has 0 aliphatic carbocycles. The molecule has 0 fully saturated rings. The maximum absolute atomic E-state index is 6.25. The zero-order valence-corrected chi connectivity index (χ0v) is 36.3. The third-order valence-electron chi connectivity index (χ3n) is 12.0. The molecule has 5 heteroatoms. The second-order valence-corrected chi connectivity index (χ2v) is 16.4. The highest BCUT2D eigenvalue weighted by Crippen LogP contribution is 2.34. The number of furan rings is 1. The zero-order valence-electron chi connectivity index (χ0n) is 36.3. The molecule has 0 spiro atoms. The molecule has 66 heavy (non-hydrogen) atoms. The van der Waals surface area contributed by atoms with Crippen LogP contribution in [0.5, 0.6) is 0 Å². The van der Waals surface area contributed by atoms with E-state index in [-0.39, 0.29) is 0 Å². The van der Waals surface area contributed by atoms with Gasteiger partial charge in [-0.25, -0.2) is 15.0 Å². The second kappa shape index (κ2) is 17.4. The number of aromatic nitrogens is 3. The summed E-state index contributed by atoms with van der Waals surface area (Å²) in [5.41, 5.74) is 14.2. The van der Waals surface area contributed by atoms with E-state index in [0.717, 1.165) is 94.6 Å². The van der Waals surface area contributed by atoms with E-state index in [1.54, 1.807) is 0 Å². The number of allylic oxidation sites excluding steroid dienone is 2. The number of para-hydroxylation sites is 1. The number of nitrogens with zero attached hydrogens (tertiary/aromatic N) is 4. The van der Waals surface area contributed by atoms with Gasteiger partial charge >= 0.3 is 0 Å². The molecule has 0 N–H and O–H groups in total. The van der Waals surface area contributed by atoms with Crippen LogP contribution in [0.1, 0.15) is 23.6 Å². The maximum atomic E-state index is 6.25. The lowest BCUT2D eigenvalue weighted by molar-refractivity contribution is 0.669. The Morgan fingerprint density at radius 2 is 0.955 bits per heavy atom. The SMILES string of the molecule is C=C(/C=C(\N=C(C)c1ccccc1)c1cccc(-c2cccc(-c3nc(-c4ccccc4)nc(-c4ccc(-c5ccc6ccccc6c5)cc4)n3)c2)c1)c1ccc2c(c1)oc1ccccc12. The lowest BCUT2D eigenvalue weighted by Gasteiger charge is -2.12. The standard InChI is InChI=1S/C61H42N4O/c1-40(47-33-34-55-54-25-11-12-26-57(54)66-58(55)39-47)35-56(62-41(2)42-15-5-3-6-16-42)52-23-13-21-49(37-52)50-22-14-24-53(38-50)61-64-59(45-18-7-4-8-19-45)63-60(65-61)46-30-27-44(28-31-46)51-32-29-43-17-9-10-20-48(43)36-51/h3-39H,1H2,2H3/b56-35-,62-41?. The maximum Gasteiger partial charge on any atom is 0.164 e. The first-order valence-corrected chi connectivity index (χ1v) is 22.0. The monoisotopic (exact) mass is 846 g/mol. The highest BCUT2D eigenvalue weighted by atomic mass is 16.3. The summed E-state index contributed by atoms with van der Waals surface area (Å²) in [6.07, 6.45) is 2.07. The minimum Gasteiger partial charge on any atom is -0.456 e. The van der Waals surface area contributed by atoms with E-state index in [9.17, 15) is 0 Å². The van der Waals surface area contributed by atoms with Crippen LogP contribution >= 0.6 is 0 Å². The van der Waals surface area contributed by atoms with Crippen LogP contribution in [0.2, 0.25) is 0 Å². The van der Waals surface area contributed by atoms with Crippen LogP contribution in [0.4, 0.5) is 0 Å². The summed E-state index contributed by atoms with van der Waals surface area (Å²) in [4.78, 5) is 20.4. The first-order chi connectivity index (χ1) is 32.5. The Kier molecular flexibility index (Phi) is 10.5. The number of fused-ring (bicyclic) bond motifs is 4. The Hall–Kier alpha value is -8.80. The third-order valence-corrected chi connectivity index (χ3v) is 12.0. The molecule has 0 radical (unpaired) electrons. The van der Waals surface area contributed by atoms with Gasteiger partial charge in [-0.3, -0.25) is 4.99 Å². The quantitative estimate of drug-likeness (QED) is 0.102. The van der Waals surface area contributed by atoms with Crippen molar-refractivity contribution < 1.29 is 4.42 Å². The molecule has 0 bridgehead atoms. The average Bonchev–Trinajstić information content (AvgIpc) is 3.77. The number of aliphatic imine (C=N–C) groups is 1. The van der Waals surface area contributed by atoms with Crippen molar-refractivity contribution in [3.63, 3.8) is 0 Å².